The highest BCUT2D eigenvalue weighted by molar-refractivity contribution is 9.10. The standard InChI is InChI=1S/C14H18BrFN2O/c15-11-5-6-12(16)10(8-11)9-18-14(19)13-4-2-1-3-7-17-13/h5-6,8,13,17H,1-4,7,9H2,(H,18,19). The van der Waals surface area contributed by atoms with Crippen molar-refractivity contribution in [2.75, 3.05) is 6.54 Å². The molecule has 1 aliphatic heterocycles. The van der Waals surface area contributed by atoms with Crippen molar-refractivity contribution >= 4 is 21.8 Å². The maximum atomic E-state index is 13.5. The number of carbonyl (C=O) groups is 1. The molecule has 2 N–H and O–H groups in total. The monoisotopic (exact) mass is 328 g/mol. The van der Waals surface area contributed by atoms with E-state index in [-0.39, 0.29) is 24.3 Å². The van der Waals surface area contributed by atoms with E-state index in [1.807, 2.05) is 0 Å². The first-order valence-electron chi connectivity index (χ1n) is 6.62. The van der Waals surface area contributed by atoms with Crippen molar-refractivity contribution in [1.29, 1.82) is 0 Å². The Bertz CT molecular complexity index is 445. The summed E-state index contributed by atoms with van der Waals surface area (Å²) in [4.78, 5) is 12.0. The van der Waals surface area contributed by atoms with Gasteiger partial charge in [0.05, 0.1) is 6.04 Å². The minimum Gasteiger partial charge on any atom is -0.351 e. The summed E-state index contributed by atoms with van der Waals surface area (Å²) in [6, 6.07) is 4.59. The number of nitrogens with one attached hydrogen (secondary N) is 2. The highest BCUT2D eigenvalue weighted by Crippen LogP contribution is 2.15. The molecule has 0 spiro atoms. The van der Waals surface area contributed by atoms with Crippen molar-refractivity contribution < 1.29 is 9.18 Å². The summed E-state index contributed by atoms with van der Waals surface area (Å²) in [5.74, 6) is -0.335. The van der Waals surface area contributed by atoms with Gasteiger partial charge < -0.3 is 10.6 Å². The van der Waals surface area contributed by atoms with E-state index < -0.39 is 0 Å². The molecule has 2 rings (SSSR count). The van der Waals surface area contributed by atoms with Crippen LogP contribution in [0.25, 0.3) is 0 Å². The third-order valence-electron chi connectivity index (χ3n) is 3.34. The minimum atomic E-state index is -0.294. The normalized spacial score (nSPS) is 19.8. The highest BCUT2D eigenvalue weighted by Gasteiger charge is 2.19. The van der Waals surface area contributed by atoms with Crippen LogP contribution in [0.1, 0.15) is 31.2 Å². The third-order valence-corrected chi connectivity index (χ3v) is 3.83. The largest absolute Gasteiger partial charge is 0.351 e. The molecule has 1 unspecified atom stereocenters. The Labute approximate surface area is 121 Å². The molecule has 1 saturated heterocycles. The predicted molar refractivity (Wildman–Crippen MR) is 76.2 cm³/mol. The molecule has 1 aromatic carbocycles. The van der Waals surface area contributed by atoms with E-state index in [2.05, 4.69) is 26.6 Å². The van der Waals surface area contributed by atoms with E-state index >= 15 is 0 Å². The second-order valence-electron chi connectivity index (χ2n) is 4.81. The van der Waals surface area contributed by atoms with E-state index in [1.165, 1.54) is 6.07 Å². The van der Waals surface area contributed by atoms with Crippen molar-refractivity contribution in [1.82, 2.24) is 10.6 Å². The van der Waals surface area contributed by atoms with Crippen LogP contribution in [0.2, 0.25) is 0 Å². The predicted octanol–water partition coefficient (Wildman–Crippen LogP) is 2.74. The number of hydrogen-bond donors (Lipinski definition) is 2. The Hall–Kier alpha value is -0.940. The lowest BCUT2D eigenvalue weighted by atomic mass is 10.1. The van der Waals surface area contributed by atoms with Gasteiger partial charge in [0.2, 0.25) is 5.91 Å². The van der Waals surface area contributed by atoms with E-state index in [1.54, 1.807) is 12.1 Å². The van der Waals surface area contributed by atoms with E-state index in [0.717, 1.165) is 36.7 Å². The van der Waals surface area contributed by atoms with E-state index in [9.17, 15) is 9.18 Å². The number of halogens is 2. The molecule has 0 saturated carbocycles. The lowest BCUT2D eigenvalue weighted by molar-refractivity contribution is -0.123. The summed E-state index contributed by atoms with van der Waals surface area (Å²) < 4.78 is 14.4. The van der Waals surface area contributed by atoms with Gasteiger partial charge in [-0.25, -0.2) is 4.39 Å². The van der Waals surface area contributed by atoms with Crippen LogP contribution in [0, 0.1) is 5.82 Å². The zero-order valence-electron chi connectivity index (χ0n) is 10.7. The van der Waals surface area contributed by atoms with Gasteiger partial charge in [0.15, 0.2) is 0 Å². The number of benzene rings is 1. The number of rotatable bonds is 3. The van der Waals surface area contributed by atoms with Gasteiger partial charge in [-0.1, -0.05) is 28.8 Å². The molecule has 1 aromatic rings. The Balaban J connectivity index is 1.90. The third kappa shape index (κ3) is 4.28. The van der Waals surface area contributed by atoms with Crippen LogP contribution in [0.15, 0.2) is 22.7 Å². The van der Waals surface area contributed by atoms with Gasteiger partial charge in [0, 0.05) is 16.6 Å². The first kappa shape index (κ1) is 14.5. The van der Waals surface area contributed by atoms with Crippen LogP contribution in [-0.4, -0.2) is 18.5 Å². The SMILES string of the molecule is O=C(NCc1cc(Br)ccc1F)C1CCCCCN1. The van der Waals surface area contributed by atoms with Crippen molar-refractivity contribution in [3.8, 4) is 0 Å². The van der Waals surface area contributed by atoms with E-state index in [0.29, 0.717) is 5.56 Å². The molecule has 0 bridgehead atoms. The van der Waals surface area contributed by atoms with Crippen LogP contribution in [0.3, 0.4) is 0 Å². The molecule has 0 aliphatic carbocycles. The molecule has 3 nitrogen and oxygen atoms in total. The smallest absolute Gasteiger partial charge is 0.237 e. The summed E-state index contributed by atoms with van der Waals surface area (Å²) >= 11 is 3.30. The lowest BCUT2D eigenvalue weighted by Gasteiger charge is -2.15. The fourth-order valence-corrected chi connectivity index (χ4v) is 2.65. The van der Waals surface area contributed by atoms with Crippen molar-refractivity contribution in [2.24, 2.45) is 0 Å². The molecule has 104 valence electrons. The lowest BCUT2D eigenvalue weighted by Crippen LogP contribution is -2.43. The minimum absolute atomic E-state index is 0.0405. The Morgan fingerprint density at radius 1 is 1.42 bits per heavy atom. The van der Waals surface area contributed by atoms with Crippen LogP contribution in [-0.2, 0) is 11.3 Å². The second-order valence-corrected chi connectivity index (χ2v) is 5.73. The molecular formula is C14H18BrFN2O. The van der Waals surface area contributed by atoms with Gasteiger partial charge >= 0.3 is 0 Å². The van der Waals surface area contributed by atoms with Crippen molar-refractivity contribution in [3.05, 3.63) is 34.1 Å². The molecule has 1 amide bonds. The Morgan fingerprint density at radius 3 is 3.11 bits per heavy atom. The van der Waals surface area contributed by atoms with Gasteiger partial charge in [-0.15, -0.1) is 0 Å². The van der Waals surface area contributed by atoms with Crippen molar-refractivity contribution in [2.45, 2.75) is 38.3 Å². The average Bonchev–Trinajstić information content (AvgIpc) is 2.68. The maximum Gasteiger partial charge on any atom is 0.237 e. The first-order valence-corrected chi connectivity index (χ1v) is 7.41. The summed E-state index contributed by atoms with van der Waals surface area (Å²) in [5.41, 5.74) is 0.497. The van der Waals surface area contributed by atoms with Gasteiger partial charge in [-0.05, 0) is 37.6 Å². The number of hydrogen-bond acceptors (Lipinski definition) is 2. The number of carbonyl (C=O) groups excluding carboxylic acids is 1. The summed E-state index contributed by atoms with van der Waals surface area (Å²) in [5, 5.41) is 6.03. The molecule has 1 aliphatic rings. The molecule has 19 heavy (non-hydrogen) atoms. The van der Waals surface area contributed by atoms with Gasteiger partial charge in [0.25, 0.3) is 0 Å². The second kappa shape index (κ2) is 7.01. The molecular weight excluding hydrogens is 311 g/mol. The molecule has 0 radical (unpaired) electrons. The van der Waals surface area contributed by atoms with Gasteiger partial charge in [-0.3, -0.25) is 4.79 Å². The van der Waals surface area contributed by atoms with Gasteiger partial charge in [0.1, 0.15) is 5.82 Å². The van der Waals surface area contributed by atoms with Gasteiger partial charge in [-0.2, -0.15) is 0 Å². The van der Waals surface area contributed by atoms with Crippen LogP contribution < -0.4 is 10.6 Å². The quantitative estimate of drug-likeness (QED) is 0.895. The Morgan fingerprint density at radius 2 is 2.26 bits per heavy atom. The molecule has 5 heteroatoms. The average molecular weight is 329 g/mol. The zero-order valence-corrected chi connectivity index (χ0v) is 12.3. The fourth-order valence-electron chi connectivity index (χ4n) is 2.24. The number of amides is 1. The maximum absolute atomic E-state index is 13.5. The topological polar surface area (TPSA) is 41.1 Å². The van der Waals surface area contributed by atoms with E-state index in [4.69, 9.17) is 0 Å². The fraction of sp³-hybridized carbons (Fsp3) is 0.500. The first-order chi connectivity index (χ1) is 9.16. The molecule has 0 aromatic heterocycles. The zero-order chi connectivity index (χ0) is 13.7. The molecule has 1 atom stereocenters. The summed E-state index contributed by atoms with van der Waals surface area (Å²) in [7, 11) is 0. The van der Waals surface area contributed by atoms with Crippen LogP contribution >= 0.6 is 15.9 Å². The highest BCUT2D eigenvalue weighted by atomic mass is 79.9. The molecule has 1 heterocycles. The summed E-state index contributed by atoms with van der Waals surface area (Å²) in [6.07, 6.45) is 4.20. The molecule has 1 fully saturated rings. The Kier molecular flexibility index (Phi) is 5.34. The summed E-state index contributed by atoms with van der Waals surface area (Å²) in [6.45, 7) is 1.10. The van der Waals surface area contributed by atoms with Crippen molar-refractivity contribution in [3.63, 3.8) is 0 Å². The van der Waals surface area contributed by atoms with Crippen LogP contribution in [0.5, 0.6) is 0 Å². The van der Waals surface area contributed by atoms with Crippen LogP contribution in [0.4, 0.5) is 4.39 Å².